The summed E-state index contributed by atoms with van der Waals surface area (Å²) in [6, 6.07) is 18.7. The van der Waals surface area contributed by atoms with Crippen molar-refractivity contribution in [3.05, 3.63) is 71.4 Å². The van der Waals surface area contributed by atoms with E-state index in [1.54, 1.807) is 6.20 Å². The van der Waals surface area contributed by atoms with E-state index in [0.717, 1.165) is 18.8 Å². The van der Waals surface area contributed by atoms with Crippen LogP contribution in [0.25, 0.3) is 10.4 Å². The van der Waals surface area contributed by atoms with Crippen molar-refractivity contribution in [2.24, 2.45) is 0 Å². The van der Waals surface area contributed by atoms with Gasteiger partial charge in [-0.15, -0.1) is 11.3 Å². The molecular weight excluding hydrogens is 266 g/mol. The Morgan fingerprint density at radius 3 is 2.60 bits per heavy atom. The van der Waals surface area contributed by atoms with E-state index in [9.17, 15) is 0 Å². The molecule has 0 radical (unpaired) electrons. The molecule has 2 heterocycles. The molecule has 1 N–H and O–H groups in total. The van der Waals surface area contributed by atoms with E-state index in [2.05, 4.69) is 51.9 Å². The van der Waals surface area contributed by atoms with Gasteiger partial charge in [0.25, 0.3) is 0 Å². The molecule has 0 unspecified atom stereocenters. The fourth-order valence-electron chi connectivity index (χ4n) is 1.97. The van der Waals surface area contributed by atoms with Gasteiger partial charge in [0.2, 0.25) is 0 Å². The molecule has 1 aromatic carbocycles. The molecule has 4 heteroatoms. The van der Waals surface area contributed by atoms with Crippen LogP contribution in [-0.2, 0) is 13.1 Å². The van der Waals surface area contributed by atoms with E-state index in [1.807, 2.05) is 29.5 Å². The zero-order chi connectivity index (χ0) is 13.6. The molecule has 0 bridgehead atoms. The third kappa shape index (κ3) is 3.29. The molecule has 20 heavy (non-hydrogen) atoms. The van der Waals surface area contributed by atoms with Crippen LogP contribution in [0.5, 0.6) is 0 Å². The van der Waals surface area contributed by atoms with E-state index in [4.69, 9.17) is 0 Å². The van der Waals surface area contributed by atoms with Crippen molar-refractivity contribution in [2.45, 2.75) is 13.1 Å². The van der Waals surface area contributed by atoms with E-state index in [-0.39, 0.29) is 0 Å². The van der Waals surface area contributed by atoms with Crippen molar-refractivity contribution in [1.82, 2.24) is 15.5 Å². The van der Waals surface area contributed by atoms with Gasteiger partial charge in [0.05, 0.1) is 5.69 Å². The third-order valence-corrected chi connectivity index (χ3v) is 4.09. The number of aromatic nitrogens is 2. The van der Waals surface area contributed by atoms with Gasteiger partial charge < -0.3 is 5.32 Å². The number of benzene rings is 1. The van der Waals surface area contributed by atoms with Gasteiger partial charge in [0.15, 0.2) is 0 Å². The highest BCUT2D eigenvalue weighted by Crippen LogP contribution is 2.27. The maximum atomic E-state index is 4.05. The summed E-state index contributed by atoms with van der Waals surface area (Å²) < 4.78 is 0. The van der Waals surface area contributed by atoms with Crippen molar-refractivity contribution in [3.8, 4) is 10.4 Å². The zero-order valence-electron chi connectivity index (χ0n) is 11.0. The summed E-state index contributed by atoms with van der Waals surface area (Å²) in [5.41, 5.74) is 2.24. The lowest BCUT2D eigenvalue weighted by molar-refractivity contribution is 0.676. The average molecular weight is 281 g/mol. The first-order chi connectivity index (χ1) is 9.92. The van der Waals surface area contributed by atoms with Gasteiger partial charge in [-0.3, -0.25) is 0 Å². The minimum Gasteiger partial charge on any atom is -0.306 e. The van der Waals surface area contributed by atoms with Gasteiger partial charge in [-0.2, -0.15) is 10.2 Å². The van der Waals surface area contributed by atoms with Crippen molar-refractivity contribution in [2.75, 3.05) is 0 Å². The van der Waals surface area contributed by atoms with Crippen LogP contribution in [0.15, 0.2) is 60.8 Å². The Hall–Kier alpha value is -2.04. The summed E-state index contributed by atoms with van der Waals surface area (Å²) >= 11 is 1.82. The van der Waals surface area contributed by atoms with Crippen LogP contribution < -0.4 is 5.32 Å². The molecule has 2 aromatic heterocycles. The van der Waals surface area contributed by atoms with E-state index in [1.165, 1.54) is 15.3 Å². The largest absolute Gasteiger partial charge is 0.306 e. The highest BCUT2D eigenvalue weighted by atomic mass is 32.1. The average Bonchev–Trinajstić information content (AvgIpc) is 2.98. The van der Waals surface area contributed by atoms with E-state index < -0.39 is 0 Å². The fraction of sp³-hybridized carbons (Fsp3) is 0.125. The molecule has 100 valence electrons. The molecule has 3 aromatic rings. The second kappa shape index (κ2) is 6.41. The van der Waals surface area contributed by atoms with Gasteiger partial charge >= 0.3 is 0 Å². The monoisotopic (exact) mass is 281 g/mol. The van der Waals surface area contributed by atoms with Gasteiger partial charge in [-0.25, -0.2) is 0 Å². The molecule has 3 rings (SSSR count). The first kappa shape index (κ1) is 13.0. The Kier molecular flexibility index (Phi) is 4.16. The second-order valence-corrected chi connectivity index (χ2v) is 5.62. The normalized spacial score (nSPS) is 10.6. The second-order valence-electron chi connectivity index (χ2n) is 4.45. The first-order valence-corrected chi connectivity index (χ1v) is 7.35. The molecule has 0 aliphatic heterocycles. The Morgan fingerprint density at radius 1 is 0.900 bits per heavy atom. The van der Waals surface area contributed by atoms with Crippen LogP contribution in [0.1, 0.15) is 10.6 Å². The van der Waals surface area contributed by atoms with Crippen LogP contribution in [0.2, 0.25) is 0 Å². The maximum Gasteiger partial charge on any atom is 0.0769 e. The smallest absolute Gasteiger partial charge is 0.0769 e. The van der Waals surface area contributed by atoms with Crippen LogP contribution >= 0.6 is 11.3 Å². The molecule has 0 atom stereocenters. The molecule has 0 saturated carbocycles. The predicted octanol–water partition coefficient (Wildman–Crippen LogP) is 3.49. The highest BCUT2D eigenvalue weighted by molar-refractivity contribution is 7.15. The van der Waals surface area contributed by atoms with Gasteiger partial charge in [-0.05, 0) is 29.8 Å². The predicted molar refractivity (Wildman–Crippen MR) is 82.3 cm³/mol. The molecule has 0 aliphatic rings. The minimum absolute atomic E-state index is 0.742. The maximum absolute atomic E-state index is 4.05. The van der Waals surface area contributed by atoms with Gasteiger partial charge in [-0.1, -0.05) is 30.3 Å². The Bertz CT molecular complexity index is 650. The number of nitrogens with zero attached hydrogens (tertiary/aromatic N) is 2. The van der Waals surface area contributed by atoms with Crippen LogP contribution in [-0.4, -0.2) is 10.2 Å². The molecule has 0 spiro atoms. The molecular formula is C16H15N3S. The third-order valence-electron chi connectivity index (χ3n) is 2.95. The van der Waals surface area contributed by atoms with Crippen molar-refractivity contribution in [3.63, 3.8) is 0 Å². The quantitative estimate of drug-likeness (QED) is 0.778. The Labute approximate surface area is 122 Å². The fourth-order valence-corrected chi connectivity index (χ4v) is 2.95. The Balaban J connectivity index is 1.58. The Morgan fingerprint density at radius 2 is 1.80 bits per heavy atom. The summed E-state index contributed by atoms with van der Waals surface area (Å²) in [5, 5.41) is 11.3. The van der Waals surface area contributed by atoms with Crippen molar-refractivity contribution in [1.29, 1.82) is 0 Å². The minimum atomic E-state index is 0.742. The van der Waals surface area contributed by atoms with E-state index in [0.29, 0.717) is 0 Å². The first-order valence-electron chi connectivity index (χ1n) is 6.53. The standard InChI is InChI=1S/C16H15N3S/c1-2-5-13(6-3-1)16-9-8-15(20-16)12-17-11-14-7-4-10-18-19-14/h1-10,17H,11-12H2. The number of hydrogen-bond acceptors (Lipinski definition) is 4. The lowest BCUT2D eigenvalue weighted by Gasteiger charge is -2.01. The summed E-state index contributed by atoms with van der Waals surface area (Å²) in [7, 11) is 0. The molecule has 0 saturated heterocycles. The SMILES string of the molecule is c1ccc(-c2ccc(CNCc3cccnn3)s2)cc1. The number of thiophene rings is 1. The number of hydrogen-bond donors (Lipinski definition) is 1. The molecule has 0 fully saturated rings. The van der Waals surface area contributed by atoms with Gasteiger partial charge in [0.1, 0.15) is 0 Å². The lowest BCUT2D eigenvalue weighted by Crippen LogP contribution is -2.12. The topological polar surface area (TPSA) is 37.8 Å². The van der Waals surface area contributed by atoms with Gasteiger partial charge in [0, 0.05) is 29.0 Å². The number of rotatable bonds is 5. The molecule has 0 aliphatic carbocycles. The van der Waals surface area contributed by atoms with Crippen LogP contribution in [0.4, 0.5) is 0 Å². The summed E-state index contributed by atoms with van der Waals surface area (Å²) in [5.74, 6) is 0. The van der Waals surface area contributed by atoms with Crippen LogP contribution in [0, 0.1) is 0 Å². The highest BCUT2D eigenvalue weighted by Gasteiger charge is 2.02. The molecule has 3 nitrogen and oxygen atoms in total. The summed E-state index contributed by atoms with van der Waals surface area (Å²) in [6.07, 6.45) is 1.69. The van der Waals surface area contributed by atoms with Crippen molar-refractivity contribution >= 4 is 11.3 Å². The molecule has 0 amide bonds. The zero-order valence-corrected chi connectivity index (χ0v) is 11.8. The van der Waals surface area contributed by atoms with E-state index >= 15 is 0 Å². The number of nitrogens with one attached hydrogen (secondary N) is 1. The summed E-state index contributed by atoms with van der Waals surface area (Å²) in [4.78, 5) is 2.63. The summed E-state index contributed by atoms with van der Waals surface area (Å²) in [6.45, 7) is 1.60. The van der Waals surface area contributed by atoms with Crippen molar-refractivity contribution < 1.29 is 0 Å². The lowest BCUT2D eigenvalue weighted by atomic mass is 10.2. The van der Waals surface area contributed by atoms with Crippen LogP contribution in [0.3, 0.4) is 0 Å².